The molecule has 0 radical (unpaired) electrons. The first kappa shape index (κ1) is 18.9. The van der Waals surface area contributed by atoms with Crippen LogP contribution in [0.2, 0.25) is 0 Å². The predicted octanol–water partition coefficient (Wildman–Crippen LogP) is 4.29. The van der Waals surface area contributed by atoms with Crippen molar-refractivity contribution >= 4 is 29.2 Å². The summed E-state index contributed by atoms with van der Waals surface area (Å²) in [6, 6.07) is 14.4. The molecular formula is C23H26N2O2S. The number of likely N-dealkylation sites (tertiary alicyclic amines) is 2. The van der Waals surface area contributed by atoms with Gasteiger partial charge in [-0.1, -0.05) is 30.3 Å². The average Bonchev–Trinajstić information content (AvgIpc) is 3.44. The van der Waals surface area contributed by atoms with Gasteiger partial charge in [-0.3, -0.25) is 9.59 Å². The largest absolute Gasteiger partial charge is 0.342 e. The van der Waals surface area contributed by atoms with Gasteiger partial charge in [0.05, 0.1) is 0 Å². The van der Waals surface area contributed by atoms with Crippen molar-refractivity contribution < 1.29 is 9.59 Å². The number of carbonyl (C=O) groups excluding carboxylic acids is 2. The second-order valence-electron chi connectivity index (χ2n) is 7.53. The number of amides is 2. The molecule has 0 saturated carbocycles. The van der Waals surface area contributed by atoms with Crippen molar-refractivity contribution in [3.8, 4) is 10.4 Å². The van der Waals surface area contributed by atoms with Crippen molar-refractivity contribution in [2.45, 2.75) is 25.7 Å². The number of rotatable bonds is 4. The lowest BCUT2D eigenvalue weighted by molar-refractivity contribution is -0.138. The van der Waals surface area contributed by atoms with Gasteiger partial charge in [-0.05, 0) is 49.5 Å². The van der Waals surface area contributed by atoms with Crippen LogP contribution in [0.3, 0.4) is 0 Å². The monoisotopic (exact) mass is 394 g/mol. The van der Waals surface area contributed by atoms with E-state index in [-0.39, 0.29) is 11.8 Å². The highest BCUT2D eigenvalue weighted by atomic mass is 32.1. The Balaban J connectivity index is 1.30. The summed E-state index contributed by atoms with van der Waals surface area (Å²) < 4.78 is 0. The number of hydrogen-bond acceptors (Lipinski definition) is 3. The van der Waals surface area contributed by atoms with E-state index in [4.69, 9.17) is 0 Å². The molecule has 3 heterocycles. The van der Waals surface area contributed by atoms with Crippen molar-refractivity contribution in [1.82, 2.24) is 9.80 Å². The minimum atomic E-state index is 0.0433. The maximum Gasteiger partial charge on any atom is 0.246 e. The summed E-state index contributed by atoms with van der Waals surface area (Å²) in [4.78, 5) is 31.2. The Morgan fingerprint density at radius 3 is 2.32 bits per heavy atom. The molecule has 0 atom stereocenters. The van der Waals surface area contributed by atoms with Crippen LogP contribution in [0.4, 0.5) is 0 Å². The molecule has 0 unspecified atom stereocenters. The SMILES string of the molecule is O=C(/C=C/c1ccc(-c2ccccc2)s1)N1CCC(C(=O)N2CCCC2)CC1. The van der Waals surface area contributed by atoms with Crippen LogP contribution in [0.5, 0.6) is 0 Å². The van der Waals surface area contributed by atoms with Crippen LogP contribution in [0, 0.1) is 5.92 Å². The van der Waals surface area contributed by atoms with Crippen LogP contribution >= 0.6 is 11.3 Å². The molecular weight excluding hydrogens is 368 g/mol. The average molecular weight is 395 g/mol. The van der Waals surface area contributed by atoms with Gasteiger partial charge in [0, 0.05) is 47.9 Å². The molecule has 4 rings (SSSR count). The second-order valence-corrected chi connectivity index (χ2v) is 8.65. The van der Waals surface area contributed by atoms with Gasteiger partial charge in [-0.2, -0.15) is 0 Å². The van der Waals surface area contributed by atoms with Gasteiger partial charge in [0.25, 0.3) is 0 Å². The van der Waals surface area contributed by atoms with Gasteiger partial charge >= 0.3 is 0 Å². The molecule has 5 heteroatoms. The van der Waals surface area contributed by atoms with Crippen molar-refractivity contribution in [2.75, 3.05) is 26.2 Å². The van der Waals surface area contributed by atoms with Crippen LogP contribution in [0.15, 0.2) is 48.5 Å². The summed E-state index contributed by atoms with van der Waals surface area (Å²) >= 11 is 1.69. The third-order valence-electron chi connectivity index (χ3n) is 5.65. The van der Waals surface area contributed by atoms with Crippen molar-refractivity contribution in [2.24, 2.45) is 5.92 Å². The van der Waals surface area contributed by atoms with E-state index in [2.05, 4.69) is 24.3 Å². The van der Waals surface area contributed by atoms with E-state index in [0.717, 1.165) is 43.6 Å². The number of thiophene rings is 1. The molecule has 146 valence electrons. The van der Waals surface area contributed by atoms with Crippen LogP contribution in [-0.2, 0) is 9.59 Å². The molecule has 28 heavy (non-hydrogen) atoms. The zero-order chi connectivity index (χ0) is 19.3. The van der Waals surface area contributed by atoms with Crippen LogP contribution < -0.4 is 0 Å². The van der Waals surface area contributed by atoms with Crippen molar-refractivity contribution in [3.05, 3.63) is 53.4 Å². The van der Waals surface area contributed by atoms with Gasteiger partial charge in [0.2, 0.25) is 11.8 Å². The van der Waals surface area contributed by atoms with Gasteiger partial charge in [-0.15, -0.1) is 11.3 Å². The minimum absolute atomic E-state index is 0.0433. The quantitative estimate of drug-likeness (QED) is 0.726. The smallest absolute Gasteiger partial charge is 0.246 e. The van der Waals surface area contributed by atoms with E-state index in [1.54, 1.807) is 17.4 Å². The number of piperidine rings is 1. The van der Waals surface area contributed by atoms with Gasteiger partial charge in [0.1, 0.15) is 0 Å². The number of nitrogens with zero attached hydrogens (tertiary/aromatic N) is 2. The zero-order valence-corrected chi connectivity index (χ0v) is 16.9. The molecule has 2 aliphatic heterocycles. The molecule has 1 aromatic heterocycles. The highest BCUT2D eigenvalue weighted by molar-refractivity contribution is 7.16. The van der Waals surface area contributed by atoms with E-state index < -0.39 is 0 Å². The minimum Gasteiger partial charge on any atom is -0.342 e. The normalized spacial score (nSPS) is 18.1. The summed E-state index contributed by atoms with van der Waals surface area (Å²) in [7, 11) is 0. The van der Waals surface area contributed by atoms with E-state index in [1.807, 2.05) is 34.1 Å². The van der Waals surface area contributed by atoms with Gasteiger partial charge in [0.15, 0.2) is 0 Å². The fraction of sp³-hybridized carbons (Fsp3) is 0.391. The summed E-state index contributed by atoms with van der Waals surface area (Å²) in [6.45, 7) is 3.17. The fourth-order valence-corrected chi connectivity index (χ4v) is 4.92. The number of hydrogen-bond donors (Lipinski definition) is 0. The Hall–Kier alpha value is -2.40. The standard InChI is InChI=1S/C23H26N2O2S/c26-22(11-9-20-8-10-21(28-20)18-6-2-1-3-7-18)24-16-12-19(13-17-24)23(27)25-14-4-5-15-25/h1-3,6-11,19H,4-5,12-17H2/b11-9+. The molecule has 2 fully saturated rings. The number of benzene rings is 1. The molecule has 4 nitrogen and oxygen atoms in total. The lowest BCUT2D eigenvalue weighted by Gasteiger charge is -2.32. The van der Waals surface area contributed by atoms with Crippen LogP contribution in [0.1, 0.15) is 30.6 Å². The van der Waals surface area contributed by atoms with Crippen molar-refractivity contribution in [1.29, 1.82) is 0 Å². The molecule has 2 amide bonds. The van der Waals surface area contributed by atoms with E-state index in [0.29, 0.717) is 19.0 Å². The Labute approximate surface area is 170 Å². The summed E-state index contributed by atoms with van der Waals surface area (Å²) in [6.07, 6.45) is 7.40. The molecule has 0 N–H and O–H groups in total. The summed E-state index contributed by atoms with van der Waals surface area (Å²) in [5.74, 6) is 0.436. The first-order valence-electron chi connectivity index (χ1n) is 10.1. The second kappa shape index (κ2) is 8.74. The molecule has 2 saturated heterocycles. The first-order chi connectivity index (χ1) is 13.7. The lowest BCUT2D eigenvalue weighted by atomic mass is 9.95. The van der Waals surface area contributed by atoms with Gasteiger partial charge in [-0.25, -0.2) is 0 Å². The molecule has 2 aliphatic rings. The molecule has 0 spiro atoms. The number of carbonyl (C=O) groups is 2. The maximum atomic E-state index is 12.5. The topological polar surface area (TPSA) is 40.6 Å². The molecule has 2 aromatic rings. The fourth-order valence-electron chi connectivity index (χ4n) is 4.00. The third-order valence-corrected chi connectivity index (χ3v) is 6.75. The summed E-state index contributed by atoms with van der Waals surface area (Å²) in [5.41, 5.74) is 1.20. The Morgan fingerprint density at radius 1 is 0.893 bits per heavy atom. The Kier molecular flexibility index (Phi) is 5.91. The predicted molar refractivity (Wildman–Crippen MR) is 114 cm³/mol. The van der Waals surface area contributed by atoms with Crippen LogP contribution in [0.25, 0.3) is 16.5 Å². The highest BCUT2D eigenvalue weighted by Gasteiger charge is 2.30. The lowest BCUT2D eigenvalue weighted by Crippen LogP contribution is -2.43. The van der Waals surface area contributed by atoms with E-state index in [1.165, 1.54) is 10.4 Å². The molecule has 0 bridgehead atoms. The zero-order valence-electron chi connectivity index (χ0n) is 16.0. The Bertz CT molecular complexity index is 844. The first-order valence-corrected chi connectivity index (χ1v) is 10.9. The third kappa shape index (κ3) is 4.36. The van der Waals surface area contributed by atoms with Crippen molar-refractivity contribution in [3.63, 3.8) is 0 Å². The summed E-state index contributed by atoms with van der Waals surface area (Å²) in [5, 5.41) is 0. The Morgan fingerprint density at radius 2 is 1.61 bits per heavy atom. The maximum absolute atomic E-state index is 12.5. The molecule has 0 aliphatic carbocycles. The molecule has 1 aromatic carbocycles. The van der Waals surface area contributed by atoms with E-state index in [9.17, 15) is 9.59 Å². The van der Waals surface area contributed by atoms with Gasteiger partial charge < -0.3 is 9.80 Å². The van der Waals surface area contributed by atoms with E-state index >= 15 is 0 Å². The van der Waals surface area contributed by atoms with Crippen LogP contribution in [-0.4, -0.2) is 47.8 Å². The highest BCUT2D eigenvalue weighted by Crippen LogP contribution is 2.29.